The Morgan fingerprint density at radius 1 is 0.960 bits per heavy atom. The van der Waals surface area contributed by atoms with E-state index in [9.17, 15) is 9.59 Å². The maximum Gasteiger partial charge on any atom is 0.356 e. The van der Waals surface area contributed by atoms with E-state index in [2.05, 4.69) is 20.9 Å². The molecule has 0 fully saturated rings. The van der Waals surface area contributed by atoms with Crippen molar-refractivity contribution in [3.8, 4) is 0 Å². The minimum Gasteiger partial charge on any atom is -0.461 e. The number of carbonyl (C=O) groups excluding carboxylic acids is 2. The van der Waals surface area contributed by atoms with Crippen LogP contribution in [0.15, 0.2) is 65.1 Å². The van der Waals surface area contributed by atoms with Gasteiger partial charge in [0.05, 0.1) is 12.1 Å². The van der Waals surface area contributed by atoms with Crippen LogP contribution in [-0.2, 0) is 4.74 Å². The number of hydrogen-bond acceptors (Lipinski definition) is 4. The van der Waals surface area contributed by atoms with Gasteiger partial charge in [0.25, 0.3) is 0 Å². The van der Waals surface area contributed by atoms with E-state index in [-0.39, 0.29) is 18.1 Å². The summed E-state index contributed by atoms with van der Waals surface area (Å²) in [7, 11) is 0. The fourth-order valence-electron chi connectivity index (χ4n) is 2.43. The molecular formula is C20H16BrNO3. The second-order valence-corrected chi connectivity index (χ2v) is 6.47. The third-order valence-electron chi connectivity index (χ3n) is 3.76. The van der Waals surface area contributed by atoms with Crippen LogP contribution in [0.1, 0.15) is 33.7 Å². The number of halogens is 1. The van der Waals surface area contributed by atoms with Crippen molar-refractivity contribution < 1.29 is 14.3 Å². The molecule has 0 saturated carbocycles. The summed E-state index contributed by atoms with van der Waals surface area (Å²) in [5.41, 5.74) is 1.69. The number of ketones is 1. The summed E-state index contributed by atoms with van der Waals surface area (Å²) in [5.74, 6) is -0.436. The average Bonchev–Trinajstić information content (AvgIpc) is 2.65. The van der Waals surface area contributed by atoms with E-state index in [4.69, 9.17) is 4.74 Å². The zero-order chi connectivity index (χ0) is 17.6. The summed E-state index contributed by atoms with van der Waals surface area (Å²) in [4.78, 5) is 28.4. The summed E-state index contributed by atoms with van der Waals surface area (Å²) in [6.07, 6.45) is 0.814. The summed E-state index contributed by atoms with van der Waals surface area (Å²) in [5, 5.41) is 0.971. The Kier molecular flexibility index (Phi) is 5.56. The second-order valence-electron chi connectivity index (χ2n) is 5.56. The number of rotatable bonds is 6. The molecule has 4 nitrogen and oxygen atoms in total. The molecular weight excluding hydrogens is 382 g/mol. The molecule has 0 atom stereocenters. The molecule has 3 rings (SSSR count). The third kappa shape index (κ3) is 4.51. The molecule has 0 aliphatic heterocycles. The van der Waals surface area contributed by atoms with Gasteiger partial charge in [-0.3, -0.25) is 4.79 Å². The van der Waals surface area contributed by atoms with Gasteiger partial charge >= 0.3 is 5.97 Å². The lowest BCUT2D eigenvalue weighted by atomic mass is 10.1. The van der Waals surface area contributed by atoms with E-state index in [1.54, 1.807) is 18.2 Å². The fourth-order valence-corrected chi connectivity index (χ4v) is 2.70. The van der Waals surface area contributed by atoms with Crippen molar-refractivity contribution in [3.05, 3.63) is 76.4 Å². The molecule has 2 aromatic carbocycles. The van der Waals surface area contributed by atoms with Gasteiger partial charge in [0.2, 0.25) is 0 Å². The molecule has 25 heavy (non-hydrogen) atoms. The molecule has 1 aromatic heterocycles. The van der Waals surface area contributed by atoms with Crippen LogP contribution in [0.4, 0.5) is 0 Å². The van der Waals surface area contributed by atoms with Crippen molar-refractivity contribution in [2.75, 3.05) is 6.61 Å². The minimum atomic E-state index is -0.471. The lowest BCUT2D eigenvalue weighted by Gasteiger charge is -2.05. The largest absolute Gasteiger partial charge is 0.461 e. The molecule has 1 heterocycles. The van der Waals surface area contributed by atoms with Gasteiger partial charge in [0, 0.05) is 21.8 Å². The lowest BCUT2D eigenvalue weighted by Crippen LogP contribution is -2.10. The van der Waals surface area contributed by atoms with Gasteiger partial charge in [0.1, 0.15) is 5.69 Å². The standard InChI is InChI=1S/C20H16BrNO3/c21-16-10-7-15(8-11-16)19(23)6-3-13-25-20(24)18-12-9-14-4-1-2-5-17(14)22-18/h1-2,4-5,7-12H,3,6,13H2. The van der Waals surface area contributed by atoms with Crippen LogP contribution >= 0.6 is 15.9 Å². The summed E-state index contributed by atoms with van der Waals surface area (Å²) in [6.45, 7) is 0.190. The Balaban J connectivity index is 1.50. The zero-order valence-corrected chi connectivity index (χ0v) is 15.0. The van der Waals surface area contributed by atoms with Crippen molar-refractivity contribution in [1.29, 1.82) is 0 Å². The normalized spacial score (nSPS) is 10.6. The molecule has 0 saturated heterocycles. The highest BCUT2D eigenvalue weighted by molar-refractivity contribution is 9.10. The molecule has 0 spiro atoms. The van der Waals surface area contributed by atoms with E-state index in [0.717, 1.165) is 15.4 Å². The SMILES string of the molecule is O=C(CCCOC(=O)c1ccc2ccccc2n1)c1ccc(Br)cc1. The first-order chi connectivity index (χ1) is 12.1. The molecule has 0 bridgehead atoms. The molecule has 3 aromatic rings. The first-order valence-electron chi connectivity index (χ1n) is 7.95. The first kappa shape index (κ1) is 17.3. The number of esters is 1. The molecule has 0 radical (unpaired) electrons. The monoisotopic (exact) mass is 397 g/mol. The highest BCUT2D eigenvalue weighted by atomic mass is 79.9. The number of carbonyl (C=O) groups is 2. The maximum absolute atomic E-state index is 12.1. The van der Waals surface area contributed by atoms with Gasteiger partial charge in [-0.1, -0.05) is 52.3 Å². The Morgan fingerprint density at radius 3 is 2.52 bits per heavy atom. The van der Waals surface area contributed by atoms with Crippen molar-refractivity contribution >= 4 is 38.6 Å². The number of nitrogens with zero attached hydrogens (tertiary/aromatic N) is 1. The predicted octanol–water partition coefficient (Wildman–Crippen LogP) is 4.82. The molecule has 5 heteroatoms. The lowest BCUT2D eigenvalue weighted by molar-refractivity contribution is 0.0488. The smallest absolute Gasteiger partial charge is 0.356 e. The predicted molar refractivity (Wildman–Crippen MR) is 99.7 cm³/mol. The van der Waals surface area contributed by atoms with Crippen LogP contribution < -0.4 is 0 Å². The quantitative estimate of drug-likeness (QED) is 0.340. The van der Waals surface area contributed by atoms with Crippen molar-refractivity contribution in [3.63, 3.8) is 0 Å². The summed E-state index contributed by atoms with van der Waals surface area (Å²) in [6, 6.07) is 18.3. The molecule has 0 N–H and O–H groups in total. The summed E-state index contributed by atoms with van der Waals surface area (Å²) < 4.78 is 6.15. The number of ether oxygens (including phenoxy) is 1. The molecule has 0 aliphatic carbocycles. The van der Waals surface area contributed by atoms with Crippen LogP contribution in [0.3, 0.4) is 0 Å². The van der Waals surface area contributed by atoms with Crippen LogP contribution in [0.2, 0.25) is 0 Å². The Morgan fingerprint density at radius 2 is 1.72 bits per heavy atom. The van der Waals surface area contributed by atoms with E-state index in [0.29, 0.717) is 18.4 Å². The Labute approximate surface area is 154 Å². The zero-order valence-electron chi connectivity index (χ0n) is 13.4. The van der Waals surface area contributed by atoms with Gasteiger partial charge in [-0.15, -0.1) is 0 Å². The number of benzene rings is 2. The second kappa shape index (κ2) is 8.03. The van der Waals surface area contributed by atoms with E-state index in [1.165, 1.54) is 0 Å². The number of para-hydroxylation sites is 1. The maximum atomic E-state index is 12.1. The van der Waals surface area contributed by atoms with Gasteiger partial charge < -0.3 is 4.74 Å². The number of Topliss-reactive ketones (excluding diaryl/α,β-unsaturated/α-hetero) is 1. The van der Waals surface area contributed by atoms with E-state index < -0.39 is 5.97 Å². The average molecular weight is 398 g/mol. The molecule has 0 unspecified atom stereocenters. The van der Waals surface area contributed by atoms with Crippen LogP contribution in [0.5, 0.6) is 0 Å². The number of pyridine rings is 1. The van der Waals surface area contributed by atoms with Crippen LogP contribution in [-0.4, -0.2) is 23.3 Å². The Bertz CT molecular complexity index is 906. The van der Waals surface area contributed by atoms with Gasteiger partial charge in [-0.25, -0.2) is 9.78 Å². The van der Waals surface area contributed by atoms with E-state index in [1.807, 2.05) is 42.5 Å². The van der Waals surface area contributed by atoms with Crippen molar-refractivity contribution in [2.24, 2.45) is 0 Å². The van der Waals surface area contributed by atoms with Crippen LogP contribution in [0.25, 0.3) is 10.9 Å². The number of hydrogen-bond donors (Lipinski definition) is 0. The molecule has 126 valence electrons. The highest BCUT2D eigenvalue weighted by Gasteiger charge is 2.11. The minimum absolute atomic E-state index is 0.0346. The fraction of sp³-hybridized carbons (Fsp3) is 0.150. The van der Waals surface area contributed by atoms with E-state index >= 15 is 0 Å². The highest BCUT2D eigenvalue weighted by Crippen LogP contribution is 2.14. The van der Waals surface area contributed by atoms with Gasteiger partial charge in [-0.05, 0) is 30.7 Å². The van der Waals surface area contributed by atoms with Crippen molar-refractivity contribution in [1.82, 2.24) is 4.98 Å². The number of aromatic nitrogens is 1. The van der Waals surface area contributed by atoms with Crippen molar-refractivity contribution in [2.45, 2.75) is 12.8 Å². The molecule has 0 amide bonds. The number of fused-ring (bicyclic) bond motifs is 1. The summed E-state index contributed by atoms with van der Waals surface area (Å²) >= 11 is 3.34. The van der Waals surface area contributed by atoms with Crippen LogP contribution in [0, 0.1) is 0 Å². The van der Waals surface area contributed by atoms with Gasteiger partial charge in [0.15, 0.2) is 5.78 Å². The molecule has 0 aliphatic rings. The van der Waals surface area contributed by atoms with Gasteiger partial charge in [-0.2, -0.15) is 0 Å². The first-order valence-corrected chi connectivity index (χ1v) is 8.74. The Hall–Kier alpha value is -2.53. The third-order valence-corrected chi connectivity index (χ3v) is 4.28. The topological polar surface area (TPSA) is 56.3 Å².